The molecule has 1 saturated carbocycles. The quantitative estimate of drug-likeness (QED) is 0.606. The predicted molar refractivity (Wildman–Crippen MR) is 46.5 cm³/mol. The zero-order valence-corrected chi connectivity index (χ0v) is 7.47. The summed E-state index contributed by atoms with van der Waals surface area (Å²) in [5, 5.41) is 2.29. The Balaban J connectivity index is 2.15. The highest BCUT2D eigenvalue weighted by molar-refractivity contribution is 8.00. The van der Waals surface area contributed by atoms with Gasteiger partial charge in [-0.15, -0.1) is 0 Å². The first-order chi connectivity index (χ1) is 5.36. The Kier molecular flexibility index (Phi) is 1.86. The second-order valence-electron chi connectivity index (χ2n) is 2.97. The van der Waals surface area contributed by atoms with E-state index in [1.54, 1.807) is 0 Å². The van der Waals surface area contributed by atoms with Crippen molar-refractivity contribution in [3.05, 3.63) is 24.4 Å². The predicted octanol–water partition coefficient (Wildman–Crippen LogP) is 1.77. The number of aryl methyl sites for hydroxylation is 1. The fraction of sp³-hybridized carbons (Fsp3) is 0.444. The normalized spacial score (nSPS) is 16.8. The lowest BCUT2D eigenvalue weighted by Crippen LogP contribution is -2.29. The molecule has 1 aliphatic rings. The minimum absolute atomic E-state index is 0.906. The molecule has 1 nitrogen and oxygen atoms in total. The second kappa shape index (κ2) is 2.86. The van der Waals surface area contributed by atoms with Gasteiger partial charge in [-0.05, 0) is 18.9 Å². The van der Waals surface area contributed by atoms with Crippen LogP contribution in [-0.2, 0) is 7.05 Å². The van der Waals surface area contributed by atoms with Crippen molar-refractivity contribution in [2.45, 2.75) is 23.1 Å². The molecule has 0 amide bonds. The van der Waals surface area contributed by atoms with E-state index in [9.17, 15) is 0 Å². The highest BCUT2D eigenvalue weighted by Gasteiger charge is 2.25. The van der Waals surface area contributed by atoms with Crippen LogP contribution in [0.1, 0.15) is 12.8 Å². The molecule has 11 heavy (non-hydrogen) atoms. The first-order valence-corrected chi connectivity index (χ1v) is 4.85. The number of aromatic nitrogens is 1. The van der Waals surface area contributed by atoms with Gasteiger partial charge in [0.05, 0.1) is 0 Å². The molecular formula is C9H12NS+. The molecule has 0 unspecified atom stereocenters. The minimum Gasteiger partial charge on any atom is -0.196 e. The summed E-state index contributed by atoms with van der Waals surface area (Å²) in [7, 11) is 2.10. The Morgan fingerprint density at radius 2 is 2.27 bits per heavy atom. The number of nitrogens with zero attached hydrogens (tertiary/aromatic N) is 1. The average Bonchev–Trinajstić information content (AvgIpc) is 2.78. The molecule has 1 aromatic heterocycles. The Morgan fingerprint density at radius 1 is 1.45 bits per heavy atom. The zero-order valence-electron chi connectivity index (χ0n) is 6.66. The third-order valence-electron chi connectivity index (χ3n) is 1.82. The molecule has 0 bridgehead atoms. The van der Waals surface area contributed by atoms with E-state index in [0.29, 0.717) is 0 Å². The van der Waals surface area contributed by atoms with Gasteiger partial charge in [-0.25, -0.2) is 0 Å². The summed E-state index contributed by atoms with van der Waals surface area (Å²) >= 11 is 2.00. The molecule has 0 saturated heterocycles. The molecule has 0 spiro atoms. The summed E-state index contributed by atoms with van der Waals surface area (Å²) in [6.45, 7) is 0. The average molecular weight is 166 g/mol. The van der Waals surface area contributed by atoms with E-state index < -0.39 is 0 Å². The molecule has 1 aromatic rings. The molecule has 0 aliphatic heterocycles. The van der Waals surface area contributed by atoms with Crippen LogP contribution in [0.2, 0.25) is 0 Å². The summed E-state index contributed by atoms with van der Waals surface area (Å²) in [6.07, 6.45) is 4.91. The smallest absolute Gasteiger partial charge is 0.196 e. The summed E-state index contributed by atoms with van der Waals surface area (Å²) in [6, 6.07) is 6.35. The van der Waals surface area contributed by atoms with Crippen LogP contribution in [0.3, 0.4) is 0 Å². The van der Waals surface area contributed by atoms with Gasteiger partial charge in [0.1, 0.15) is 7.05 Å². The molecular weight excluding hydrogens is 154 g/mol. The monoisotopic (exact) mass is 166 g/mol. The first-order valence-electron chi connectivity index (χ1n) is 3.97. The van der Waals surface area contributed by atoms with Crippen LogP contribution >= 0.6 is 11.8 Å². The van der Waals surface area contributed by atoms with Crippen molar-refractivity contribution in [3.8, 4) is 0 Å². The van der Waals surface area contributed by atoms with Gasteiger partial charge >= 0.3 is 0 Å². The molecule has 0 radical (unpaired) electrons. The summed E-state index contributed by atoms with van der Waals surface area (Å²) in [5.41, 5.74) is 0. The first kappa shape index (κ1) is 7.17. The van der Waals surface area contributed by atoms with E-state index in [2.05, 4.69) is 36.0 Å². The van der Waals surface area contributed by atoms with Crippen LogP contribution in [-0.4, -0.2) is 5.25 Å². The van der Waals surface area contributed by atoms with Gasteiger partial charge in [-0.2, -0.15) is 4.57 Å². The fourth-order valence-corrected chi connectivity index (χ4v) is 2.08. The maximum Gasteiger partial charge on any atom is 0.240 e. The second-order valence-corrected chi connectivity index (χ2v) is 4.29. The number of thioether (sulfide) groups is 1. The maximum absolute atomic E-state index is 2.18. The highest BCUT2D eigenvalue weighted by Crippen LogP contribution is 2.37. The highest BCUT2D eigenvalue weighted by atomic mass is 32.2. The van der Waals surface area contributed by atoms with Crippen molar-refractivity contribution in [3.63, 3.8) is 0 Å². The van der Waals surface area contributed by atoms with Gasteiger partial charge in [0.15, 0.2) is 6.20 Å². The van der Waals surface area contributed by atoms with Gasteiger partial charge < -0.3 is 0 Å². The van der Waals surface area contributed by atoms with Gasteiger partial charge in [-0.3, -0.25) is 0 Å². The lowest BCUT2D eigenvalue weighted by atomic mass is 10.5. The van der Waals surface area contributed by atoms with Crippen molar-refractivity contribution in [2.24, 2.45) is 7.05 Å². The third kappa shape index (κ3) is 1.74. The molecule has 0 N–H and O–H groups in total. The van der Waals surface area contributed by atoms with Gasteiger partial charge in [-0.1, -0.05) is 11.8 Å². The van der Waals surface area contributed by atoms with E-state index in [1.807, 2.05) is 11.8 Å². The van der Waals surface area contributed by atoms with E-state index >= 15 is 0 Å². The summed E-state index contributed by atoms with van der Waals surface area (Å²) in [5.74, 6) is 0. The Bertz CT molecular complexity index is 255. The standard InChI is InChI=1S/C9H12NS/c1-10-7-3-2-4-9(10)11-8-5-6-8/h2-4,7-8H,5-6H2,1H3/q+1. The molecule has 58 valence electrons. The van der Waals surface area contributed by atoms with Crippen LogP contribution in [0.4, 0.5) is 0 Å². The molecule has 1 fully saturated rings. The van der Waals surface area contributed by atoms with Crippen LogP contribution in [0, 0.1) is 0 Å². The summed E-state index contributed by atoms with van der Waals surface area (Å²) < 4.78 is 2.18. The largest absolute Gasteiger partial charge is 0.240 e. The van der Waals surface area contributed by atoms with Crippen molar-refractivity contribution in [1.29, 1.82) is 0 Å². The Hall–Kier alpha value is -0.500. The molecule has 0 aromatic carbocycles. The molecule has 2 rings (SSSR count). The van der Waals surface area contributed by atoms with E-state index in [-0.39, 0.29) is 0 Å². The maximum atomic E-state index is 2.18. The lowest BCUT2D eigenvalue weighted by molar-refractivity contribution is -0.708. The minimum atomic E-state index is 0.906. The van der Waals surface area contributed by atoms with E-state index in [1.165, 1.54) is 17.9 Å². The molecule has 2 heteroatoms. The van der Waals surface area contributed by atoms with Crippen LogP contribution in [0.15, 0.2) is 29.4 Å². The van der Waals surface area contributed by atoms with Crippen molar-refractivity contribution >= 4 is 11.8 Å². The third-order valence-corrected chi connectivity index (χ3v) is 3.29. The Labute approximate surface area is 71.4 Å². The van der Waals surface area contributed by atoms with Crippen LogP contribution in [0.25, 0.3) is 0 Å². The van der Waals surface area contributed by atoms with Crippen molar-refractivity contribution < 1.29 is 4.57 Å². The van der Waals surface area contributed by atoms with E-state index in [0.717, 1.165) is 5.25 Å². The van der Waals surface area contributed by atoms with Crippen molar-refractivity contribution in [1.82, 2.24) is 0 Å². The van der Waals surface area contributed by atoms with E-state index in [4.69, 9.17) is 0 Å². The SMILES string of the molecule is C[n+]1ccccc1SC1CC1. The van der Waals surface area contributed by atoms with Crippen molar-refractivity contribution in [2.75, 3.05) is 0 Å². The zero-order chi connectivity index (χ0) is 7.68. The molecule has 1 heterocycles. The topological polar surface area (TPSA) is 3.88 Å². The molecule has 0 atom stereocenters. The number of rotatable bonds is 2. The molecule has 1 aliphatic carbocycles. The number of pyridine rings is 1. The van der Waals surface area contributed by atoms with Crippen LogP contribution in [0.5, 0.6) is 0 Å². The van der Waals surface area contributed by atoms with Gasteiger partial charge in [0.25, 0.3) is 0 Å². The Morgan fingerprint density at radius 3 is 2.91 bits per heavy atom. The van der Waals surface area contributed by atoms with Gasteiger partial charge in [0.2, 0.25) is 5.03 Å². The van der Waals surface area contributed by atoms with Crippen LogP contribution < -0.4 is 4.57 Å². The fourth-order valence-electron chi connectivity index (χ4n) is 0.987. The number of hydrogen-bond acceptors (Lipinski definition) is 1. The number of hydrogen-bond donors (Lipinski definition) is 0. The van der Waals surface area contributed by atoms with Gasteiger partial charge in [0, 0.05) is 17.4 Å². The lowest BCUT2D eigenvalue weighted by Gasteiger charge is -1.95. The summed E-state index contributed by atoms with van der Waals surface area (Å²) in [4.78, 5) is 0.